The summed E-state index contributed by atoms with van der Waals surface area (Å²) < 4.78 is 0. The monoisotopic (exact) mass is 246 g/mol. The lowest BCUT2D eigenvalue weighted by Gasteiger charge is -2.08. The fraction of sp³-hybridized carbons (Fsp3) is 0.429. The number of nitrogens with zero attached hydrogens (tertiary/aromatic N) is 1. The predicted molar refractivity (Wildman–Crippen MR) is 72.1 cm³/mol. The molecule has 0 aromatic heterocycles. The standard InChI is InChI=1S/C14H18N2O2/c1-2-10-4-3-5-13(10)16-15-12-8-6-11(7-9-12)14(17)18/h6-10,15H,2-5H2,1H3,(H,17,18)/b16-13+. The number of hydrogen-bond acceptors (Lipinski definition) is 3. The number of carboxylic acids is 1. The minimum Gasteiger partial charge on any atom is -0.478 e. The molecule has 1 fully saturated rings. The number of nitrogens with one attached hydrogen (secondary N) is 1. The van der Waals surface area contributed by atoms with Gasteiger partial charge in [0.25, 0.3) is 0 Å². The number of hydrazone groups is 1. The van der Waals surface area contributed by atoms with Gasteiger partial charge in [-0.2, -0.15) is 5.10 Å². The third kappa shape index (κ3) is 2.88. The molecule has 1 aromatic rings. The molecular formula is C14H18N2O2. The third-order valence-electron chi connectivity index (χ3n) is 3.41. The van der Waals surface area contributed by atoms with Crippen molar-refractivity contribution in [2.75, 3.05) is 5.43 Å². The number of carbonyl (C=O) groups is 1. The molecule has 4 heteroatoms. The summed E-state index contributed by atoms with van der Waals surface area (Å²) in [7, 11) is 0. The minimum absolute atomic E-state index is 0.292. The molecule has 4 nitrogen and oxygen atoms in total. The molecule has 1 unspecified atom stereocenters. The van der Waals surface area contributed by atoms with Crippen LogP contribution in [0.2, 0.25) is 0 Å². The average molecular weight is 246 g/mol. The smallest absolute Gasteiger partial charge is 0.335 e. The Morgan fingerprint density at radius 1 is 1.44 bits per heavy atom. The average Bonchev–Trinajstić information content (AvgIpc) is 2.84. The Bertz CT molecular complexity index is 451. The van der Waals surface area contributed by atoms with E-state index >= 15 is 0 Å². The van der Waals surface area contributed by atoms with Crippen LogP contribution in [0.1, 0.15) is 43.0 Å². The van der Waals surface area contributed by atoms with Gasteiger partial charge in [-0.05, 0) is 55.9 Å². The second kappa shape index (κ2) is 5.67. The van der Waals surface area contributed by atoms with E-state index in [-0.39, 0.29) is 0 Å². The minimum atomic E-state index is -0.908. The van der Waals surface area contributed by atoms with E-state index in [4.69, 9.17) is 5.11 Å². The van der Waals surface area contributed by atoms with E-state index in [2.05, 4.69) is 17.5 Å². The lowest BCUT2D eigenvalue weighted by Crippen LogP contribution is -2.07. The molecule has 0 saturated heterocycles. The summed E-state index contributed by atoms with van der Waals surface area (Å²) in [4.78, 5) is 10.7. The van der Waals surface area contributed by atoms with Crippen molar-refractivity contribution in [3.63, 3.8) is 0 Å². The van der Waals surface area contributed by atoms with E-state index in [9.17, 15) is 4.79 Å². The highest BCUT2D eigenvalue weighted by molar-refractivity contribution is 5.89. The van der Waals surface area contributed by atoms with Crippen molar-refractivity contribution in [3.05, 3.63) is 29.8 Å². The molecule has 1 aromatic carbocycles. The molecule has 96 valence electrons. The first-order valence-electron chi connectivity index (χ1n) is 6.36. The Labute approximate surface area is 107 Å². The van der Waals surface area contributed by atoms with Gasteiger partial charge in [-0.25, -0.2) is 4.79 Å². The SMILES string of the molecule is CCC1CCC/C1=N\Nc1ccc(C(=O)O)cc1. The first kappa shape index (κ1) is 12.6. The zero-order chi connectivity index (χ0) is 13.0. The predicted octanol–water partition coefficient (Wildman–Crippen LogP) is 3.36. The van der Waals surface area contributed by atoms with Crippen molar-refractivity contribution in [2.45, 2.75) is 32.6 Å². The van der Waals surface area contributed by atoms with Gasteiger partial charge in [0.2, 0.25) is 0 Å². The number of rotatable bonds is 4. The van der Waals surface area contributed by atoms with E-state index in [1.165, 1.54) is 18.6 Å². The summed E-state index contributed by atoms with van der Waals surface area (Å²) in [5.41, 5.74) is 5.37. The largest absolute Gasteiger partial charge is 0.478 e. The molecule has 1 saturated carbocycles. The van der Waals surface area contributed by atoms with Crippen molar-refractivity contribution >= 4 is 17.4 Å². The van der Waals surface area contributed by atoms with E-state index in [1.807, 2.05) is 0 Å². The number of hydrogen-bond donors (Lipinski definition) is 2. The molecule has 0 spiro atoms. The molecule has 2 N–H and O–H groups in total. The van der Waals surface area contributed by atoms with Crippen LogP contribution in [-0.4, -0.2) is 16.8 Å². The van der Waals surface area contributed by atoms with Crippen LogP contribution in [0.3, 0.4) is 0 Å². The summed E-state index contributed by atoms with van der Waals surface area (Å²) in [5.74, 6) is -0.300. The summed E-state index contributed by atoms with van der Waals surface area (Å²) in [6.45, 7) is 2.19. The van der Waals surface area contributed by atoms with E-state index in [1.54, 1.807) is 24.3 Å². The number of benzene rings is 1. The van der Waals surface area contributed by atoms with Crippen molar-refractivity contribution in [1.29, 1.82) is 0 Å². The Hall–Kier alpha value is -1.84. The Morgan fingerprint density at radius 2 is 2.17 bits per heavy atom. The Morgan fingerprint density at radius 3 is 2.78 bits per heavy atom. The van der Waals surface area contributed by atoms with Crippen LogP contribution in [0.4, 0.5) is 5.69 Å². The maximum Gasteiger partial charge on any atom is 0.335 e. The van der Waals surface area contributed by atoms with Crippen LogP contribution in [0.25, 0.3) is 0 Å². The maximum absolute atomic E-state index is 10.7. The second-order valence-electron chi connectivity index (χ2n) is 4.59. The van der Waals surface area contributed by atoms with Gasteiger partial charge in [0.1, 0.15) is 0 Å². The van der Waals surface area contributed by atoms with Crippen LogP contribution >= 0.6 is 0 Å². The number of carboxylic acid groups (broad SMARTS) is 1. The highest BCUT2D eigenvalue weighted by atomic mass is 16.4. The van der Waals surface area contributed by atoms with E-state index in [0.29, 0.717) is 11.5 Å². The normalized spacial score (nSPS) is 21.2. The van der Waals surface area contributed by atoms with Crippen LogP contribution in [0, 0.1) is 5.92 Å². The van der Waals surface area contributed by atoms with Gasteiger partial charge >= 0.3 is 5.97 Å². The van der Waals surface area contributed by atoms with Crippen molar-refractivity contribution in [3.8, 4) is 0 Å². The van der Waals surface area contributed by atoms with Gasteiger partial charge in [-0.15, -0.1) is 0 Å². The zero-order valence-electron chi connectivity index (χ0n) is 10.5. The summed E-state index contributed by atoms with van der Waals surface area (Å²) >= 11 is 0. The summed E-state index contributed by atoms with van der Waals surface area (Å²) in [6, 6.07) is 6.64. The van der Waals surface area contributed by atoms with Gasteiger partial charge in [0.15, 0.2) is 0 Å². The molecule has 0 radical (unpaired) electrons. The summed E-state index contributed by atoms with van der Waals surface area (Å²) in [5, 5.41) is 13.2. The lowest BCUT2D eigenvalue weighted by atomic mass is 10.0. The highest BCUT2D eigenvalue weighted by Crippen LogP contribution is 2.25. The van der Waals surface area contributed by atoms with Gasteiger partial charge in [-0.1, -0.05) is 6.92 Å². The lowest BCUT2D eigenvalue weighted by molar-refractivity contribution is 0.0697. The van der Waals surface area contributed by atoms with Gasteiger partial charge in [0.05, 0.1) is 11.3 Å². The molecule has 1 aliphatic rings. The summed E-state index contributed by atoms with van der Waals surface area (Å²) in [6.07, 6.45) is 4.66. The number of anilines is 1. The molecule has 1 atom stereocenters. The van der Waals surface area contributed by atoms with Crippen LogP contribution in [0.15, 0.2) is 29.4 Å². The van der Waals surface area contributed by atoms with Crippen LogP contribution in [0.5, 0.6) is 0 Å². The molecule has 0 heterocycles. The van der Waals surface area contributed by atoms with Crippen LogP contribution < -0.4 is 5.43 Å². The third-order valence-corrected chi connectivity index (χ3v) is 3.41. The fourth-order valence-electron chi connectivity index (χ4n) is 2.31. The van der Waals surface area contributed by atoms with Gasteiger partial charge in [-0.3, -0.25) is 5.43 Å². The molecule has 18 heavy (non-hydrogen) atoms. The van der Waals surface area contributed by atoms with Crippen molar-refractivity contribution in [1.82, 2.24) is 0 Å². The first-order chi connectivity index (χ1) is 8.70. The number of aromatic carboxylic acids is 1. The molecule has 1 aliphatic carbocycles. The second-order valence-corrected chi connectivity index (χ2v) is 4.59. The van der Waals surface area contributed by atoms with E-state index in [0.717, 1.165) is 18.5 Å². The van der Waals surface area contributed by atoms with Gasteiger partial charge < -0.3 is 5.11 Å². The molecular weight excluding hydrogens is 228 g/mol. The van der Waals surface area contributed by atoms with Crippen LogP contribution in [-0.2, 0) is 0 Å². The maximum atomic E-state index is 10.7. The first-order valence-corrected chi connectivity index (χ1v) is 6.36. The molecule has 2 rings (SSSR count). The Kier molecular flexibility index (Phi) is 3.97. The molecule has 0 bridgehead atoms. The zero-order valence-corrected chi connectivity index (χ0v) is 10.5. The molecule has 0 amide bonds. The topological polar surface area (TPSA) is 61.7 Å². The quantitative estimate of drug-likeness (QED) is 0.801. The van der Waals surface area contributed by atoms with Crippen molar-refractivity contribution in [2.24, 2.45) is 11.0 Å². The van der Waals surface area contributed by atoms with E-state index < -0.39 is 5.97 Å². The van der Waals surface area contributed by atoms with Gasteiger partial charge in [0, 0.05) is 5.71 Å². The van der Waals surface area contributed by atoms with Crippen molar-refractivity contribution < 1.29 is 9.90 Å². The highest BCUT2D eigenvalue weighted by Gasteiger charge is 2.20. The Balaban J connectivity index is 2.01. The molecule has 0 aliphatic heterocycles. The fourth-order valence-corrected chi connectivity index (χ4v) is 2.31.